The van der Waals surface area contributed by atoms with Crippen LogP contribution in [0.3, 0.4) is 0 Å². The number of hydrogen-bond acceptors (Lipinski definition) is 1. The summed E-state index contributed by atoms with van der Waals surface area (Å²) in [4.78, 5) is 0. The quantitative estimate of drug-likeness (QED) is 0.764. The number of nitrogens with one attached hydrogen (secondary N) is 1. The van der Waals surface area contributed by atoms with E-state index in [2.05, 4.69) is 23.5 Å². The van der Waals surface area contributed by atoms with Gasteiger partial charge in [0.25, 0.3) is 0 Å². The minimum atomic E-state index is -0.229. The maximum atomic E-state index is 13.9. The Morgan fingerprint density at radius 3 is 2.81 bits per heavy atom. The van der Waals surface area contributed by atoms with Crippen LogP contribution in [0.5, 0.6) is 0 Å². The lowest BCUT2D eigenvalue weighted by atomic mass is 10.1. The highest BCUT2D eigenvalue weighted by atomic mass is 35.5. The molecule has 0 amide bonds. The van der Waals surface area contributed by atoms with Crippen LogP contribution in [0, 0.1) is 5.82 Å². The van der Waals surface area contributed by atoms with Gasteiger partial charge in [-0.25, -0.2) is 4.39 Å². The molecule has 0 fully saturated rings. The van der Waals surface area contributed by atoms with E-state index in [4.69, 9.17) is 11.6 Å². The first-order valence-corrected chi connectivity index (χ1v) is 7.22. The van der Waals surface area contributed by atoms with Crippen LogP contribution in [-0.4, -0.2) is 11.6 Å². The molecule has 0 bridgehead atoms. The van der Waals surface area contributed by atoms with Crippen LogP contribution in [0.4, 0.5) is 4.39 Å². The smallest absolute Gasteiger partial charge is 0.128 e. The zero-order valence-electron chi connectivity index (χ0n) is 11.7. The van der Waals surface area contributed by atoms with E-state index in [-0.39, 0.29) is 5.82 Å². The Hall–Kier alpha value is -1.84. The van der Waals surface area contributed by atoms with Crippen LogP contribution in [0.15, 0.2) is 48.7 Å². The third kappa shape index (κ3) is 2.80. The summed E-state index contributed by atoms with van der Waals surface area (Å²) in [5.74, 6) is -0.229. The van der Waals surface area contributed by atoms with Crippen molar-refractivity contribution in [3.63, 3.8) is 0 Å². The summed E-state index contributed by atoms with van der Waals surface area (Å²) >= 11 is 5.96. The van der Waals surface area contributed by atoms with E-state index in [1.54, 1.807) is 12.1 Å². The summed E-state index contributed by atoms with van der Waals surface area (Å²) in [5, 5.41) is 4.91. The first-order valence-electron chi connectivity index (χ1n) is 6.84. The molecular weight excluding hydrogens is 287 g/mol. The number of benzene rings is 2. The van der Waals surface area contributed by atoms with E-state index in [9.17, 15) is 4.39 Å². The Balaban J connectivity index is 2.01. The maximum Gasteiger partial charge on any atom is 0.128 e. The second-order valence-corrected chi connectivity index (χ2v) is 5.50. The third-order valence-electron chi connectivity index (χ3n) is 3.62. The number of hydrogen-bond donors (Lipinski definition) is 1. The van der Waals surface area contributed by atoms with E-state index in [0.717, 1.165) is 12.1 Å². The summed E-state index contributed by atoms with van der Waals surface area (Å²) in [6.45, 7) is 1.28. The SMILES string of the molecule is CNCc1cccc2c1ccn2Cc1cc(Cl)ccc1F. The minimum absolute atomic E-state index is 0.229. The summed E-state index contributed by atoms with van der Waals surface area (Å²) in [7, 11) is 1.93. The molecule has 3 rings (SSSR count). The fourth-order valence-corrected chi connectivity index (χ4v) is 2.81. The number of rotatable bonds is 4. The fourth-order valence-electron chi connectivity index (χ4n) is 2.62. The van der Waals surface area contributed by atoms with E-state index in [1.165, 1.54) is 17.0 Å². The van der Waals surface area contributed by atoms with Gasteiger partial charge in [0.05, 0.1) is 6.54 Å². The van der Waals surface area contributed by atoms with Crippen molar-refractivity contribution in [2.75, 3.05) is 7.05 Å². The Labute approximate surface area is 128 Å². The molecule has 1 heterocycles. The molecule has 2 aromatic carbocycles. The van der Waals surface area contributed by atoms with Crippen molar-refractivity contribution in [1.82, 2.24) is 9.88 Å². The predicted octanol–water partition coefficient (Wildman–Crippen LogP) is 4.20. The second kappa shape index (κ2) is 5.88. The predicted molar refractivity (Wildman–Crippen MR) is 85.2 cm³/mol. The molecule has 0 saturated heterocycles. The van der Waals surface area contributed by atoms with Gasteiger partial charge in [0.15, 0.2) is 0 Å². The normalized spacial score (nSPS) is 11.2. The van der Waals surface area contributed by atoms with Crippen molar-refractivity contribution in [1.29, 1.82) is 0 Å². The Morgan fingerprint density at radius 2 is 2.00 bits per heavy atom. The first-order chi connectivity index (χ1) is 10.2. The lowest BCUT2D eigenvalue weighted by Gasteiger charge is -2.09. The molecule has 21 heavy (non-hydrogen) atoms. The summed E-state index contributed by atoms with van der Waals surface area (Å²) in [5.41, 5.74) is 2.93. The highest BCUT2D eigenvalue weighted by Gasteiger charge is 2.08. The van der Waals surface area contributed by atoms with Gasteiger partial charge in [-0.3, -0.25) is 0 Å². The molecule has 1 aromatic heterocycles. The van der Waals surface area contributed by atoms with Gasteiger partial charge < -0.3 is 9.88 Å². The first kappa shape index (κ1) is 14.1. The van der Waals surface area contributed by atoms with E-state index < -0.39 is 0 Å². The molecule has 4 heteroatoms. The van der Waals surface area contributed by atoms with Crippen LogP contribution in [-0.2, 0) is 13.1 Å². The molecule has 2 nitrogen and oxygen atoms in total. The third-order valence-corrected chi connectivity index (χ3v) is 3.85. The summed E-state index contributed by atoms with van der Waals surface area (Å²) in [6.07, 6.45) is 1.99. The Morgan fingerprint density at radius 1 is 1.14 bits per heavy atom. The van der Waals surface area contributed by atoms with Gasteiger partial charge in [-0.05, 0) is 42.9 Å². The zero-order valence-corrected chi connectivity index (χ0v) is 12.5. The van der Waals surface area contributed by atoms with E-state index >= 15 is 0 Å². The lowest BCUT2D eigenvalue weighted by Crippen LogP contribution is -2.05. The molecule has 0 radical (unpaired) electrons. The van der Waals surface area contributed by atoms with Crippen LogP contribution in [0.2, 0.25) is 5.02 Å². The van der Waals surface area contributed by atoms with Gasteiger partial charge in [-0.1, -0.05) is 23.7 Å². The molecule has 0 aliphatic rings. The van der Waals surface area contributed by atoms with Crippen molar-refractivity contribution in [2.45, 2.75) is 13.1 Å². The second-order valence-electron chi connectivity index (χ2n) is 5.06. The topological polar surface area (TPSA) is 17.0 Å². The monoisotopic (exact) mass is 302 g/mol. The molecule has 0 aliphatic heterocycles. The average Bonchev–Trinajstić information content (AvgIpc) is 2.88. The number of fused-ring (bicyclic) bond motifs is 1. The molecule has 1 N–H and O–H groups in total. The summed E-state index contributed by atoms with van der Waals surface area (Å²) in [6, 6.07) is 12.9. The van der Waals surface area contributed by atoms with Crippen molar-refractivity contribution < 1.29 is 4.39 Å². The molecule has 0 atom stereocenters. The van der Waals surface area contributed by atoms with Crippen LogP contribution >= 0.6 is 11.6 Å². The van der Waals surface area contributed by atoms with Gasteiger partial charge >= 0.3 is 0 Å². The van der Waals surface area contributed by atoms with Crippen LogP contribution in [0.1, 0.15) is 11.1 Å². The van der Waals surface area contributed by atoms with Crippen LogP contribution in [0.25, 0.3) is 10.9 Å². The number of nitrogens with zero attached hydrogens (tertiary/aromatic N) is 1. The fraction of sp³-hybridized carbons (Fsp3) is 0.176. The highest BCUT2D eigenvalue weighted by Crippen LogP contribution is 2.23. The van der Waals surface area contributed by atoms with Crippen LogP contribution < -0.4 is 5.32 Å². The molecule has 0 unspecified atom stereocenters. The Kier molecular flexibility index (Phi) is 3.95. The van der Waals surface area contributed by atoms with E-state index in [0.29, 0.717) is 17.1 Å². The molecule has 0 saturated carbocycles. The molecule has 3 aromatic rings. The zero-order chi connectivity index (χ0) is 14.8. The van der Waals surface area contributed by atoms with Crippen molar-refractivity contribution >= 4 is 22.5 Å². The van der Waals surface area contributed by atoms with Crippen molar-refractivity contribution in [2.24, 2.45) is 0 Å². The number of aromatic nitrogens is 1. The van der Waals surface area contributed by atoms with Crippen molar-refractivity contribution in [3.8, 4) is 0 Å². The number of halogens is 2. The van der Waals surface area contributed by atoms with Gasteiger partial charge in [0, 0.05) is 34.2 Å². The van der Waals surface area contributed by atoms with Gasteiger partial charge in [-0.2, -0.15) is 0 Å². The van der Waals surface area contributed by atoms with Gasteiger partial charge in [0.2, 0.25) is 0 Å². The average molecular weight is 303 g/mol. The van der Waals surface area contributed by atoms with Gasteiger partial charge in [0.1, 0.15) is 5.82 Å². The standard InChI is InChI=1S/C17H16ClFN2/c1-20-10-12-3-2-4-17-15(12)7-8-21(17)11-13-9-14(18)5-6-16(13)19/h2-9,20H,10-11H2,1H3. The van der Waals surface area contributed by atoms with E-state index in [1.807, 2.05) is 23.9 Å². The largest absolute Gasteiger partial charge is 0.343 e. The Bertz CT molecular complexity index is 780. The molecule has 0 spiro atoms. The minimum Gasteiger partial charge on any atom is -0.343 e. The highest BCUT2D eigenvalue weighted by molar-refractivity contribution is 6.30. The molecular formula is C17H16ClFN2. The summed E-state index contributed by atoms with van der Waals surface area (Å²) < 4.78 is 15.9. The molecule has 0 aliphatic carbocycles. The maximum absolute atomic E-state index is 13.9. The lowest BCUT2D eigenvalue weighted by molar-refractivity contribution is 0.602. The molecule has 108 valence electrons. The van der Waals surface area contributed by atoms with Gasteiger partial charge in [-0.15, -0.1) is 0 Å². The van der Waals surface area contributed by atoms with Crippen molar-refractivity contribution in [3.05, 3.63) is 70.6 Å².